The highest BCUT2D eigenvalue weighted by atomic mass is 32.2. The van der Waals surface area contributed by atoms with Crippen molar-refractivity contribution in [1.29, 1.82) is 0 Å². The topological polar surface area (TPSA) is 95.0 Å². The summed E-state index contributed by atoms with van der Waals surface area (Å²) in [6.07, 6.45) is 1.61. The average molecular weight is 304 g/mol. The van der Waals surface area contributed by atoms with Gasteiger partial charge in [0.05, 0.1) is 24.0 Å². The monoisotopic (exact) mass is 304 g/mol. The highest BCUT2D eigenvalue weighted by Gasteiger charge is 2.40. The Kier molecular flexibility index (Phi) is 4.22. The molecule has 2 aliphatic rings. The zero-order chi connectivity index (χ0) is 14.9. The summed E-state index contributed by atoms with van der Waals surface area (Å²) < 4.78 is 23.3. The highest BCUT2D eigenvalue weighted by molar-refractivity contribution is 7.91. The van der Waals surface area contributed by atoms with E-state index in [0.29, 0.717) is 6.54 Å². The van der Waals surface area contributed by atoms with Crippen LogP contribution < -0.4 is 0 Å². The van der Waals surface area contributed by atoms with E-state index in [2.05, 4.69) is 0 Å². The van der Waals surface area contributed by atoms with Gasteiger partial charge in [0, 0.05) is 19.1 Å². The summed E-state index contributed by atoms with van der Waals surface area (Å²) in [6, 6.07) is -0.751. The van der Waals surface area contributed by atoms with E-state index < -0.39 is 21.8 Å². The second-order valence-electron chi connectivity index (χ2n) is 5.36. The Hall–Kier alpha value is -1.31. The predicted molar refractivity (Wildman–Crippen MR) is 72.2 cm³/mol. The number of hydrogen-bond donors (Lipinski definition) is 1. The molecule has 0 aromatic heterocycles. The fourth-order valence-corrected chi connectivity index (χ4v) is 4.14. The van der Waals surface area contributed by atoms with Gasteiger partial charge in [-0.2, -0.15) is 0 Å². The Morgan fingerprint density at radius 1 is 1.35 bits per heavy atom. The first kappa shape index (κ1) is 15.1. The first-order valence-corrected chi connectivity index (χ1v) is 8.65. The van der Waals surface area contributed by atoms with E-state index in [-0.39, 0.29) is 36.5 Å². The molecule has 0 bridgehead atoms. The molecule has 8 heteroatoms. The third-order valence-corrected chi connectivity index (χ3v) is 5.46. The smallest absolute Gasteiger partial charge is 0.320 e. The maximum absolute atomic E-state index is 12.5. The fraction of sp³-hybridized carbons (Fsp3) is 0.833. The molecule has 1 unspecified atom stereocenters. The number of carbonyl (C=O) groups excluding carboxylic acids is 1. The number of carboxylic acid groups (broad SMARTS) is 1. The van der Waals surface area contributed by atoms with Gasteiger partial charge < -0.3 is 14.9 Å². The summed E-state index contributed by atoms with van der Waals surface area (Å²) in [5.41, 5.74) is 0. The van der Waals surface area contributed by atoms with Crippen molar-refractivity contribution in [2.45, 2.75) is 38.3 Å². The lowest BCUT2D eigenvalue weighted by Crippen LogP contribution is -2.56. The standard InChI is InChI=1S/C12H20N2O5S/c1-2-13(9-3-4-9)12(17)14-5-6-20(18,19)8-10(14)7-11(15)16/h9-10H,2-8H2,1H3,(H,15,16). The third kappa shape index (κ3) is 3.41. The Bertz CT molecular complexity index is 500. The Morgan fingerprint density at radius 2 is 2.00 bits per heavy atom. The van der Waals surface area contributed by atoms with Gasteiger partial charge in [0.15, 0.2) is 9.84 Å². The van der Waals surface area contributed by atoms with Gasteiger partial charge in [0.1, 0.15) is 0 Å². The van der Waals surface area contributed by atoms with E-state index >= 15 is 0 Å². The first-order valence-electron chi connectivity index (χ1n) is 6.83. The molecule has 0 aromatic rings. The Balaban J connectivity index is 2.14. The summed E-state index contributed by atoms with van der Waals surface area (Å²) in [4.78, 5) is 26.5. The van der Waals surface area contributed by atoms with Crippen molar-refractivity contribution in [2.24, 2.45) is 0 Å². The van der Waals surface area contributed by atoms with E-state index in [1.54, 1.807) is 4.90 Å². The van der Waals surface area contributed by atoms with Crippen molar-refractivity contribution in [3.63, 3.8) is 0 Å². The number of amides is 2. The predicted octanol–water partition coefficient (Wildman–Crippen LogP) is 0.164. The zero-order valence-electron chi connectivity index (χ0n) is 11.5. The van der Waals surface area contributed by atoms with Crippen LogP contribution in [-0.4, -0.2) is 72.0 Å². The minimum Gasteiger partial charge on any atom is -0.481 e. The lowest BCUT2D eigenvalue weighted by Gasteiger charge is -2.38. The zero-order valence-corrected chi connectivity index (χ0v) is 12.3. The lowest BCUT2D eigenvalue weighted by atomic mass is 10.2. The molecule has 0 aromatic carbocycles. The van der Waals surface area contributed by atoms with Crippen LogP contribution in [0.3, 0.4) is 0 Å². The fourth-order valence-electron chi connectivity index (χ4n) is 2.61. The SMILES string of the molecule is CCN(C(=O)N1CCS(=O)(=O)CC1CC(=O)O)C1CC1. The number of nitrogens with zero attached hydrogens (tertiary/aromatic N) is 2. The van der Waals surface area contributed by atoms with Crippen LogP contribution in [0.25, 0.3) is 0 Å². The van der Waals surface area contributed by atoms with Crippen LogP contribution in [-0.2, 0) is 14.6 Å². The summed E-state index contributed by atoms with van der Waals surface area (Å²) in [6.45, 7) is 2.53. The summed E-state index contributed by atoms with van der Waals surface area (Å²) in [5.74, 6) is -1.43. The second-order valence-corrected chi connectivity index (χ2v) is 7.59. The van der Waals surface area contributed by atoms with Crippen molar-refractivity contribution < 1.29 is 23.1 Å². The Labute approximate surface area is 118 Å². The third-order valence-electron chi connectivity index (χ3n) is 3.76. The molecule has 1 saturated heterocycles. The van der Waals surface area contributed by atoms with Crippen molar-refractivity contribution in [3.8, 4) is 0 Å². The molecule has 7 nitrogen and oxygen atoms in total. The number of aliphatic carboxylic acids is 1. The van der Waals surface area contributed by atoms with Gasteiger partial charge in [-0.15, -0.1) is 0 Å². The normalized spacial score (nSPS) is 25.2. The minimum atomic E-state index is -3.26. The quantitative estimate of drug-likeness (QED) is 0.798. The molecule has 2 rings (SSSR count). The Morgan fingerprint density at radius 3 is 2.50 bits per heavy atom. The lowest BCUT2D eigenvalue weighted by molar-refractivity contribution is -0.138. The second kappa shape index (κ2) is 5.59. The molecule has 1 N–H and O–H groups in total. The van der Waals surface area contributed by atoms with Crippen LogP contribution in [0.1, 0.15) is 26.2 Å². The number of carboxylic acids is 1. The van der Waals surface area contributed by atoms with Gasteiger partial charge in [-0.25, -0.2) is 13.2 Å². The van der Waals surface area contributed by atoms with E-state index in [4.69, 9.17) is 5.11 Å². The van der Waals surface area contributed by atoms with Gasteiger partial charge in [-0.3, -0.25) is 4.79 Å². The molecule has 2 amide bonds. The van der Waals surface area contributed by atoms with Crippen LogP contribution in [0.5, 0.6) is 0 Å². The van der Waals surface area contributed by atoms with Gasteiger partial charge >= 0.3 is 12.0 Å². The minimum absolute atomic E-state index is 0.0856. The molecule has 20 heavy (non-hydrogen) atoms. The van der Waals surface area contributed by atoms with Crippen LogP contribution in [0, 0.1) is 0 Å². The molecule has 2 fully saturated rings. The molecule has 1 heterocycles. The number of urea groups is 1. The number of rotatable bonds is 4. The molecule has 1 atom stereocenters. The molecule has 1 aliphatic carbocycles. The maximum Gasteiger partial charge on any atom is 0.320 e. The van der Waals surface area contributed by atoms with Crippen LogP contribution in [0.2, 0.25) is 0 Å². The van der Waals surface area contributed by atoms with E-state index in [0.717, 1.165) is 12.8 Å². The van der Waals surface area contributed by atoms with Crippen LogP contribution in [0.4, 0.5) is 4.79 Å². The van der Waals surface area contributed by atoms with Crippen molar-refractivity contribution in [2.75, 3.05) is 24.6 Å². The van der Waals surface area contributed by atoms with Crippen LogP contribution in [0.15, 0.2) is 0 Å². The average Bonchev–Trinajstić information content (AvgIpc) is 3.12. The van der Waals surface area contributed by atoms with Gasteiger partial charge in [0.2, 0.25) is 0 Å². The molecule has 0 spiro atoms. The van der Waals surface area contributed by atoms with Crippen molar-refractivity contribution in [1.82, 2.24) is 9.80 Å². The van der Waals surface area contributed by atoms with E-state index in [1.807, 2.05) is 6.92 Å². The molecule has 1 aliphatic heterocycles. The first-order chi connectivity index (χ1) is 9.34. The summed E-state index contributed by atoms with van der Waals surface area (Å²) in [7, 11) is -3.26. The molecule has 114 valence electrons. The number of hydrogen-bond acceptors (Lipinski definition) is 4. The summed E-state index contributed by atoms with van der Waals surface area (Å²) >= 11 is 0. The van der Waals surface area contributed by atoms with Gasteiger partial charge in [-0.05, 0) is 19.8 Å². The van der Waals surface area contributed by atoms with E-state index in [1.165, 1.54) is 4.90 Å². The van der Waals surface area contributed by atoms with Gasteiger partial charge in [-0.1, -0.05) is 0 Å². The molecular formula is C12H20N2O5S. The largest absolute Gasteiger partial charge is 0.481 e. The maximum atomic E-state index is 12.5. The van der Waals surface area contributed by atoms with Crippen molar-refractivity contribution >= 4 is 21.8 Å². The molecule has 1 saturated carbocycles. The number of sulfone groups is 1. The highest BCUT2D eigenvalue weighted by Crippen LogP contribution is 2.28. The van der Waals surface area contributed by atoms with Crippen molar-refractivity contribution in [3.05, 3.63) is 0 Å². The van der Waals surface area contributed by atoms with Crippen LogP contribution >= 0.6 is 0 Å². The number of carbonyl (C=O) groups is 2. The van der Waals surface area contributed by atoms with Gasteiger partial charge in [0.25, 0.3) is 0 Å². The molecule has 0 radical (unpaired) electrons. The van der Waals surface area contributed by atoms with E-state index in [9.17, 15) is 18.0 Å². The molecular weight excluding hydrogens is 284 g/mol. The summed E-state index contributed by atoms with van der Waals surface area (Å²) in [5, 5.41) is 8.91.